The third-order valence-corrected chi connectivity index (χ3v) is 3.45. The fourth-order valence-electron chi connectivity index (χ4n) is 2.40. The van der Waals surface area contributed by atoms with Crippen LogP contribution in [0.15, 0.2) is 24.3 Å². The summed E-state index contributed by atoms with van der Waals surface area (Å²) in [7, 11) is 0. The van der Waals surface area contributed by atoms with E-state index in [1.807, 2.05) is 6.07 Å². The molecule has 1 heterocycles. The van der Waals surface area contributed by atoms with Crippen LogP contribution in [-0.4, -0.2) is 23.0 Å². The van der Waals surface area contributed by atoms with Crippen molar-refractivity contribution in [2.24, 2.45) is 5.73 Å². The molecule has 1 aromatic carbocycles. The van der Waals surface area contributed by atoms with Crippen LogP contribution >= 0.6 is 12.2 Å². The number of thiocarbonyl (C=S) groups is 1. The first-order valence-electron chi connectivity index (χ1n) is 5.98. The molecule has 0 saturated carbocycles. The maximum atomic E-state index is 13.8. The van der Waals surface area contributed by atoms with Crippen molar-refractivity contribution in [3.8, 4) is 0 Å². The standard InChI is InChI=1S/C13H17FN2S/c14-11-7-3-2-6-10(11)12(13(15)17)16-8-4-1-5-9-16/h2-3,6-7,12H,1,4-5,8-9H2,(H2,15,17). The highest BCUT2D eigenvalue weighted by molar-refractivity contribution is 7.80. The SMILES string of the molecule is NC(=S)C(c1ccccc1F)N1CCCCC1. The number of nitrogens with two attached hydrogens (primary N) is 1. The zero-order chi connectivity index (χ0) is 12.3. The van der Waals surface area contributed by atoms with Crippen LogP contribution in [0.2, 0.25) is 0 Å². The van der Waals surface area contributed by atoms with Gasteiger partial charge in [0.2, 0.25) is 0 Å². The van der Waals surface area contributed by atoms with Gasteiger partial charge in [0.1, 0.15) is 5.82 Å². The van der Waals surface area contributed by atoms with Gasteiger partial charge in [-0.3, -0.25) is 4.90 Å². The Morgan fingerprint density at radius 3 is 2.47 bits per heavy atom. The van der Waals surface area contributed by atoms with Gasteiger partial charge in [-0.25, -0.2) is 4.39 Å². The predicted octanol–water partition coefficient (Wildman–Crippen LogP) is 2.64. The van der Waals surface area contributed by atoms with Crippen molar-refractivity contribution in [1.82, 2.24) is 4.90 Å². The number of hydrogen-bond acceptors (Lipinski definition) is 2. The first-order chi connectivity index (χ1) is 8.20. The highest BCUT2D eigenvalue weighted by Gasteiger charge is 2.26. The van der Waals surface area contributed by atoms with Crippen LogP contribution in [0, 0.1) is 5.82 Å². The van der Waals surface area contributed by atoms with Gasteiger partial charge in [-0.15, -0.1) is 0 Å². The first kappa shape index (κ1) is 12.5. The maximum absolute atomic E-state index is 13.8. The molecule has 1 aliphatic rings. The van der Waals surface area contributed by atoms with Crippen LogP contribution in [0.3, 0.4) is 0 Å². The van der Waals surface area contributed by atoms with Gasteiger partial charge in [-0.2, -0.15) is 0 Å². The van der Waals surface area contributed by atoms with Crippen molar-refractivity contribution in [1.29, 1.82) is 0 Å². The Kier molecular flexibility index (Phi) is 4.07. The summed E-state index contributed by atoms with van der Waals surface area (Å²) in [5, 5.41) is 0. The summed E-state index contributed by atoms with van der Waals surface area (Å²) >= 11 is 5.11. The van der Waals surface area contributed by atoms with Crippen LogP contribution in [0.4, 0.5) is 4.39 Å². The summed E-state index contributed by atoms with van der Waals surface area (Å²) in [6.45, 7) is 1.88. The minimum atomic E-state index is -0.258. The van der Waals surface area contributed by atoms with Crippen molar-refractivity contribution in [2.75, 3.05) is 13.1 Å². The van der Waals surface area contributed by atoms with Gasteiger partial charge in [0.25, 0.3) is 0 Å². The quantitative estimate of drug-likeness (QED) is 0.839. The lowest BCUT2D eigenvalue weighted by molar-refractivity contribution is 0.200. The largest absolute Gasteiger partial charge is 0.392 e. The van der Waals surface area contributed by atoms with E-state index in [-0.39, 0.29) is 11.9 Å². The van der Waals surface area contributed by atoms with E-state index in [1.54, 1.807) is 12.1 Å². The Morgan fingerprint density at radius 2 is 1.88 bits per heavy atom. The van der Waals surface area contributed by atoms with E-state index in [0.717, 1.165) is 25.9 Å². The van der Waals surface area contributed by atoms with E-state index in [1.165, 1.54) is 12.5 Å². The van der Waals surface area contributed by atoms with Crippen LogP contribution in [0.25, 0.3) is 0 Å². The summed E-state index contributed by atoms with van der Waals surface area (Å²) in [6, 6.07) is 6.49. The summed E-state index contributed by atoms with van der Waals surface area (Å²) < 4.78 is 13.8. The second-order valence-electron chi connectivity index (χ2n) is 4.42. The number of benzene rings is 1. The van der Waals surface area contributed by atoms with E-state index in [9.17, 15) is 4.39 Å². The minimum absolute atomic E-state index is 0.226. The van der Waals surface area contributed by atoms with Gasteiger partial charge in [-0.05, 0) is 32.0 Å². The third-order valence-electron chi connectivity index (χ3n) is 3.23. The van der Waals surface area contributed by atoms with Crippen LogP contribution in [0.5, 0.6) is 0 Å². The molecule has 17 heavy (non-hydrogen) atoms. The van der Waals surface area contributed by atoms with E-state index in [4.69, 9.17) is 18.0 Å². The molecule has 0 radical (unpaired) electrons. The Hall–Kier alpha value is -1.00. The lowest BCUT2D eigenvalue weighted by Crippen LogP contribution is -2.40. The Balaban J connectivity index is 2.28. The summed E-state index contributed by atoms with van der Waals surface area (Å²) in [4.78, 5) is 2.54. The number of nitrogens with zero attached hydrogens (tertiary/aromatic N) is 1. The number of halogens is 1. The molecular formula is C13H17FN2S. The normalized spacial score (nSPS) is 18.9. The van der Waals surface area contributed by atoms with E-state index in [2.05, 4.69) is 4.90 Å². The van der Waals surface area contributed by atoms with Crippen LogP contribution in [-0.2, 0) is 0 Å². The average molecular weight is 252 g/mol. The summed E-state index contributed by atoms with van der Waals surface area (Å²) in [5.74, 6) is -0.226. The second kappa shape index (κ2) is 5.56. The maximum Gasteiger partial charge on any atom is 0.128 e. The fourth-order valence-corrected chi connectivity index (χ4v) is 2.68. The molecule has 4 heteroatoms. The molecule has 1 fully saturated rings. The molecule has 1 unspecified atom stereocenters. The molecule has 1 atom stereocenters. The van der Waals surface area contributed by atoms with Crippen molar-refractivity contribution in [3.63, 3.8) is 0 Å². The molecule has 1 aromatic rings. The van der Waals surface area contributed by atoms with E-state index < -0.39 is 0 Å². The number of rotatable bonds is 3. The highest BCUT2D eigenvalue weighted by atomic mass is 32.1. The fraction of sp³-hybridized carbons (Fsp3) is 0.462. The van der Waals surface area contributed by atoms with Gasteiger partial charge in [0.15, 0.2) is 0 Å². The van der Waals surface area contributed by atoms with Crippen LogP contribution < -0.4 is 5.73 Å². The topological polar surface area (TPSA) is 29.3 Å². The van der Waals surface area contributed by atoms with E-state index >= 15 is 0 Å². The Morgan fingerprint density at radius 1 is 1.24 bits per heavy atom. The number of piperidine rings is 1. The Labute approximate surface area is 107 Å². The minimum Gasteiger partial charge on any atom is -0.392 e. The molecule has 92 valence electrons. The van der Waals surface area contributed by atoms with Crippen LogP contribution in [0.1, 0.15) is 30.9 Å². The number of hydrogen-bond donors (Lipinski definition) is 1. The monoisotopic (exact) mass is 252 g/mol. The molecule has 1 aliphatic heterocycles. The van der Waals surface area contributed by atoms with Gasteiger partial charge < -0.3 is 5.73 Å². The van der Waals surface area contributed by atoms with Crippen molar-refractivity contribution in [2.45, 2.75) is 25.3 Å². The van der Waals surface area contributed by atoms with Gasteiger partial charge >= 0.3 is 0 Å². The zero-order valence-electron chi connectivity index (χ0n) is 9.73. The van der Waals surface area contributed by atoms with E-state index in [0.29, 0.717) is 10.6 Å². The molecule has 0 spiro atoms. The summed E-state index contributed by atoms with van der Waals surface area (Å²) in [6.07, 6.45) is 3.50. The molecule has 2 rings (SSSR count). The van der Waals surface area contributed by atoms with Gasteiger partial charge in [-0.1, -0.05) is 36.8 Å². The van der Waals surface area contributed by atoms with Crippen molar-refractivity contribution in [3.05, 3.63) is 35.6 Å². The molecule has 0 aliphatic carbocycles. The molecule has 2 N–H and O–H groups in total. The molecule has 2 nitrogen and oxygen atoms in total. The molecule has 0 aromatic heterocycles. The Bertz CT molecular complexity index is 402. The molecule has 0 bridgehead atoms. The van der Waals surface area contributed by atoms with Gasteiger partial charge in [0, 0.05) is 5.56 Å². The van der Waals surface area contributed by atoms with Crippen molar-refractivity contribution >= 4 is 17.2 Å². The molecule has 1 saturated heterocycles. The predicted molar refractivity (Wildman–Crippen MR) is 71.4 cm³/mol. The van der Waals surface area contributed by atoms with Crippen molar-refractivity contribution < 1.29 is 4.39 Å². The van der Waals surface area contributed by atoms with Gasteiger partial charge in [0.05, 0.1) is 11.0 Å². The highest BCUT2D eigenvalue weighted by Crippen LogP contribution is 2.26. The summed E-state index contributed by atoms with van der Waals surface area (Å²) in [5.41, 5.74) is 6.39. The third kappa shape index (κ3) is 2.82. The second-order valence-corrected chi connectivity index (χ2v) is 4.89. The first-order valence-corrected chi connectivity index (χ1v) is 6.39. The molecular weight excluding hydrogens is 235 g/mol. The lowest BCUT2D eigenvalue weighted by atomic mass is 10.0. The molecule has 0 amide bonds. The lowest BCUT2D eigenvalue weighted by Gasteiger charge is -2.34. The smallest absolute Gasteiger partial charge is 0.128 e. The average Bonchev–Trinajstić information content (AvgIpc) is 2.33. The zero-order valence-corrected chi connectivity index (χ0v) is 10.5. The number of likely N-dealkylation sites (tertiary alicyclic amines) is 1.